The van der Waals surface area contributed by atoms with Gasteiger partial charge in [0.05, 0.1) is 5.69 Å². The van der Waals surface area contributed by atoms with Gasteiger partial charge in [0.25, 0.3) is 0 Å². The molecule has 0 aliphatic heterocycles. The van der Waals surface area contributed by atoms with Crippen molar-refractivity contribution in [1.82, 2.24) is 24.1 Å². The van der Waals surface area contributed by atoms with E-state index in [4.69, 9.17) is 0 Å². The summed E-state index contributed by atoms with van der Waals surface area (Å²) in [6.07, 6.45) is 2.05. The fourth-order valence-corrected chi connectivity index (χ4v) is 4.10. The molecule has 0 radical (unpaired) electrons. The first-order valence-corrected chi connectivity index (χ1v) is 7.82. The maximum Gasteiger partial charge on any atom is 0.194 e. The van der Waals surface area contributed by atoms with Crippen molar-refractivity contribution >= 4 is 39.6 Å². The van der Waals surface area contributed by atoms with Crippen LogP contribution < -0.4 is 5.32 Å². The molecule has 0 fully saturated rings. The smallest absolute Gasteiger partial charge is 0.194 e. The summed E-state index contributed by atoms with van der Waals surface area (Å²) < 4.78 is 7.25. The van der Waals surface area contributed by atoms with Gasteiger partial charge in [0, 0.05) is 18.1 Å². The van der Waals surface area contributed by atoms with Crippen LogP contribution in [0.5, 0.6) is 0 Å². The van der Waals surface area contributed by atoms with Gasteiger partial charge in [-0.25, -0.2) is 9.97 Å². The summed E-state index contributed by atoms with van der Waals surface area (Å²) in [6, 6.07) is 0. The van der Waals surface area contributed by atoms with Gasteiger partial charge in [0.15, 0.2) is 9.30 Å². The Labute approximate surface area is 116 Å². The molecule has 94 valence electrons. The van der Waals surface area contributed by atoms with E-state index in [0.29, 0.717) is 0 Å². The maximum absolute atomic E-state index is 4.64. The predicted molar refractivity (Wildman–Crippen MR) is 74.6 cm³/mol. The van der Waals surface area contributed by atoms with Gasteiger partial charge < -0.3 is 5.32 Å². The lowest BCUT2D eigenvalue weighted by Gasteiger charge is -2.00. The zero-order valence-corrected chi connectivity index (χ0v) is 12.3. The van der Waals surface area contributed by atoms with E-state index in [-0.39, 0.29) is 0 Å². The van der Waals surface area contributed by atoms with E-state index in [1.54, 1.807) is 23.1 Å². The molecular formula is C10H11N5S3. The van der Waals surface area contributed by atoms with Crippen molar-refractivity contribution in [3.8, 4) is 0 Å². The van der Waals surface area contributed by atoms with Gasteiger partial charge >= 0.3 is 0 Å². The lowest BCUT2D eigenvalue weighted by molar-refractivity contribution is 0.765. The number of nitrogens with one attached hydrogen (secondary N) is 1. The summed E-state index contributed by atoms with van der Waals surface area (Å²) >= 11 is 4.65. The van der Waals surface area contributed by atoms with E-state index in [1.165, 1.54) is 17.2 Å². The van der Waals surface area contributed by atoms with Crippen LogP contribution in [0.25, 0.3) is 4.96 Å². The minimum Gasteiger partial charge on any atom is -0.314 e. The zero-order chi connectivity index (χ0) is 12.5. The average Bonchev–Trinajstić information content (AvgIpc) is 3.00. The molecule has 0 unspecified atom stereocenters. The van der Waals surface area contributed by atoms with Gasteiger partial charge in [-0.3, -0.25) is 4.40 Å². The molecule has 0 aliphatic rings. The molecule has 3 aromatic rings. The molecule has 3 aromatic heterocycles. The molecule has 0 bridgehead atoms. The van der Waals surface area contributed by atoms with E-state index >= 15 is 0 Å². The molecule has 0 atom stereocenters. The fraction of sp³-hybridized carbons (Fsp3) is 0.300. The van der Waals surface area contributed by atoms with Crippen LogP contribution in [0.4, 0.5) is 0 Å². The summed E-state index contributed by atoms with van der Waals surface area (Å²) in [6.45, 7) is 2.69. The van der Waals surface area contributed by atoms with Gasteiger partial charge in [0.2, 0.25) is 0 Å². The second kappa shape index (κ2) is 4.96. The summed E-state index contributed by atoms with van der Waals surface area (Å²) in [4.78, 5) is 10.0. The lowest BCUT2D eigenvalue weighted by Crippen LogP contribution is -2.07. The van der Waals surface area contributed by atoms with Gasteiger partial charge in [-0.2, -0.15) is 4.37 Å². The Hall–Kier alpha value is -0.960. The number of hydrogen-bond donors (Lipinski definition) is 1. The van der Waals surface area contributed by atoms with Crippen molar-refractivity contribution in [2.45, 2.75) is 22.8 Å². The molecule has 0 saturated carbocycles. The first-order valence-electron chi connectivity index (χ1n) is 5.35. The maximum atomic E-state index is 4.64. The first kappa shape index (κ1) is 12.1. The highest BCUT2D eigenvalue weighted by molar-refractivity contribution is 8.00. The van der Waals surface area contributed by atoms with Crippen molar-refractivity contribution < 1.29 is 0 Å². The molecule has 0 spiro atoms. The zero-order valence-electron chi connectivity index (χ0n) is 9.88. The van der Waals surface area contributed by atoms with Crippen molar-refractivity contribution in [2.24, 2.45) is 0 Å². The fourth-order valence-electron chi connectivity index (χ4n) is 1.62. The predicted octanol–water partition coefficient (Wildman–Crippen LogP) is 2.43. The Bertz CT molecular complexity index is 668. The van der Waals surface area contributed by atoms with Gasteiger partial charge in [-0.1, -0.05) is 0 Å². The Morgan fingerprint density at radius 3 is 3.06 bits per heavy atom. The van der Waals surface area contributed by atoms with Gasteiger partial charge in [0.1, 0.15) is 10.9 Å². The molecule has 5 nitrogen and oxygen atoms in total. The van der Waals surface area contributed by atoms with E-state index < -0.39 is 0 Å². The van der Waals surface area contributed by atoms with Crippen LogP contribution in [0.1, 0.15) is 11.5 Å². The van der Waals surface area contributed by atoms with Crippen LogP contribution in [0.2, 0.25) is 0 Å². The Kier molecular flexibility index (Phi) is 3.33. The molecule has 3 heterocycles. The first-order chi connectivity index (χ1) is 8.78. The Morgan fingerprint density at radius 1 is 1.44 bits per heavy atom. The van der Waals surface area contributed by atoms with Crippen LogP contribution >= 0.6 is 34.6 Å². The monoisotopic (exact) mass is 297 g/mol. The van der Waals surface area contributed by atoms with Gasteiger partial charge in [-0.05, 0) is 37.3 Å². The standard InChI is InChI=1S/C10H11N5S3/c1-6-12-10(18-14-6)17-8-7(5-11-2)15-3-4-16-9(15)13-8/h3-4,11H,5H2,1-2H3. The summed E-state index contributed by atoms with van der Waals surface area (Å²) in [5.74, 6) is 0.818. The minimum absolute atomic E-state index is 0.790. The number of hydrogen-bond acceptors (Lipinski definition) is 7. The number of thiazole rings is 1. The van der Waals surface area contributed by atoms with E-state index in [2.05, 4.69) is 30.3 Å². The average molecular weight is 297 g/mol. The van der Waals surface area contributed by atoms with E-state index in [0.717, 1.165) is 26.7 Å². The highest BCUT2D eigenvalue weighted by atomic mass is 32.2. The summed E-state index contributed by atoms with van der Waals surface area (Å²) in [5.41, 5.74) is 1.17. The van der Waals surface area contributed by atoms with Crippen LogP contribution in [-0.2, 0) is 6.54 Å². The topological polar surface area (TPSA) is 55.1 Å². The molecule has 3 rings (SSSR count). The number of fused-ring (bicyclic) bond motifs is 1. The van der Waals surface area contributed by atoms with Crippen LogP contribution in [0, 0.1) is 6.92 Å². The Balaban J connectivity index is 1.99. The van der Waals surface area contributed by atoms with Gasteiger partial charge in [-0.15, -0.1) is 11.3 Å². The molecule has 0 saturated heterocycles. The molecule has 8 heteroatoms. The quantitative estimate of drug-likeness (QED) is 0.801. The summed E-state index contributed by atoms with van der Waals surface area (Å²) in [7, 11) is 1.94. The van der Waals surface area contributed by atoms with E-state index in [9.17, 15) is 0 Å². The second-order valence-corrected chi connectivity index (χ2v) is 6.52. The number of imidazole rings is 1. The van der Waals surface area contributed by atoms with Crippen LogP contribution in [-0.4, -0.2) is 25.8 Å². The number of aryl methyl sites for hydroxylation is 1. The third-order valence-electron chi connectivity index (χ3n) is 2.36. The van der Waals surface area contributed by atoms with Crippen molar-refractivity contribution in [3.05, 3.63) is 23.1 Å². The van der Waals surface area contributed by atoms with Crippen molar-refractivity contribution in [3.63, 3.8) is 0 Å². The molecule has 1 N–H and O–H groups in total. The minimum atomic E-state index is 0.790. The third kappa shape index (κ3) is 2.16. The largest absolute Gasteiger partial charge is 0.314 e. The molecule has 0 aromatic carbocycles. The van der Waals surface area contributed by atoms with Crippen molar-refractivity contribution in [2.75, 3.05) is 7.05 Å². The van der Waals surface area contributed by atoms with Crippen molar-refractivity contribution in [1.29, 1.82) is 0 Å². The van der Waals surface area contributed by atoms with Crippen LogP contribution in [0.15, 0.2) is 20.9 Å². The van der Waals surface area contributed by atoms with E-state index in [1.807, 2.05) is 19.4 Å². The number of nitrogens with zero attached hydrogens (tertiary/aromatic N) is 4. The normalized spacial score (nSPS) is 11.4. The molecular weight excluding hydrogens is 286 g/mol. The molecule has 0 amide bonds. The third-order valence-corrected chi connectivity index (χ3v) is 4.98. The highest BCUT2D eigenvalue weighted by Crippen LogP contribution is 2.32. The molecule has 0 aliphatic carbocycles. The Morgan fingerprint density at radius 2 is 2.33 bits per heavy atom. The lowest BCUT2D eigenvalue weighted by atomic mass is 10.5. The second-order valence-electron chi connectivity index (χ2n) is 3.66. The number of rotatable bonds is 4. The summed E-state index contributed by atoms with van der Waals surface area (Å²) in [5, 5.41) is 6.23. The SMILES string of the molecule is CNCc1c(Sc2nc(C)ns2)nc2sccn12. The number of aromatic nitrogens is 4. The molecule has 18 heavy (non-hydrogen) atoms. The highest BCUT2D eigenvalue weighted by Gasteiger charge is 2.15. The van der Waals surface area contributed by atoms with Crippen LogP contribution in [0.3, 0.4) is 0 Å².